The number of nitrogens with zero attached hydrogens (tertiary/aromatic N) is 4. The Morgan fingerprint density at radius 2 is 2.00 bits per heavy atom. The normalized spacial score (nSPS) is 12.3. The molecule has 0 spiro atoms. The van der Waals surface area contributed by atoms with E-state index >= 15 is 0 Å². The van der Waals surface area contributed by atoms with Crippen molar-refractivity contribution in [2.75, 3.05) is 5.32 Å². The van der Waals surface area contributed by atoms with Gasteiger partial charge in [0.25, 0.3) is 0 Å². The Balaban J connectivity index is 0.00000242. The molecule has 2 rings (SSSR count). The first-order valence-electron chi connectivity index (χ1n) is 7.81. The van der Waals surface area contributed by atoms with Gasteiger partial charge in [-0.1, -0.05) is 20.8 Å². The molecule has 0 saturated carbocycles. The maximum Gasteiger partial charge on any atom is 0.0825 e. The van der Waals surface area contributed by atoms with Crippen molar-refractivity contribution in [2.24, 2.45) is 5.92 Å². The predicted octanol–water partition coefficient (Wildman–Crippen LogP) is 4.05. The van der Waals surface area contributed by atoms with Gasteiger partial charge in [-0.25, -0.2) is 0 Å². The molecule has 5 nitrogen and oxygen atoms in total. The summed E-state index contributed by atoms with van der Waals surface area (Å²) < 4.78 is 4.12. The van der Waals surface area contributed by atoms with Gasteiger partial charge in [-0.15, -0.1) is 12.4 Å². The lowest BCUT2D eigenvalue weighted by molar-refractivity contribution is 0.462. The molecule has 2 aromatic rings. The van der Waals surface area contributed by atoms with Gasteiger partial charge in [-0.3, -0.25) is 9.36 Å². The number of anilines is 1. The minimum atomic E-state index is 0. The third-order valence-corrected chi connectivity index (χ3v) is 3.72. The molecular formula is C16H28ClN5. The van der Waals surface area contributed by atoms with Crippen LogP contribution in [-0.4, -0.2) is 19.6 Å². The molecule has 22 heavy (non-hydrogen) atoms. The second kappa shape index (κ2) is 8.22. The van der Waals surface area contributed by atoms with Crippen molar-refractivity contribution in [3.8, 4) is 0 Å². The highest BCUT2D eigenvalue weighted by Gasteiger charge is 2.10. The standard InChI is InChI=1S/C16H27N5.ClH/c1-6-13(4)21-15(7-8-18-21)9-17-16-11-20(10-12(2)3)19-14(16)5;/h7-8,11-13,17H,6,9-10H2,1-5H3;1H. The number of aromatic nitrogens is 4. The number of nitrogens with one attached hydrogen (secondary N) is 1. The van der Waals surface area contributed by atoms with Crippen LogP contribution in [-0.2, 0) is 13.1 Å². The highest BCUT2D eigenvalue weighted by atomic mass is 35.5. The Bertz CT molecular complexity index is 573. The van der Waals surface area contributed by atoms with Crippen molar-refractivity contribution in [1.82, 2.24) is 19.6 Å². The maximum absolute atomic E-state index is 4.56. The molecule has 0 amide bonds. The maximum atomic E-state index is 4.56. The average Bonchev–Trinajstić information content (AvgIpc) is 3.01. The third kappa shape index (κ3) is 4.50. The molecule has 0 bridgehead atoms. The molecule has 0 saturated heterocycles. The second-order valence-corrected chi connectivity index (χ2v) is 6.12. The van der Waals surface area contributed by atoms with Gasteiger partial charge < -0.3 is 5.32 Å². The molecule has 0 aromatic carbocycles. The van der Waals surface area contributed by atoms with Gasteiger partial charge in [-0.2, -0.15) is 10.2 Å². The quantitative estimate of drug-likeness (QED) is 0.835. The van der Waals surface area contributed by atoms with Gasteiger partial charge in [0.15, 0.2) is 0 Å². The van der Waals surface area contributed by atoms with E-state index in [-0.39, 0.29) is 12.4 Å². The first-order chi connectivity index (χ1) is 10.0. The summed E-state index contributed by atoms with van der Waals surface area (Å²) in [5.41, 5.74) is 3.36. The molecule has 0 aliphatic rings. The van der Waals surface area contributed by atoms with Gasteiger partial charge in [0.1, 0.15) is 0 Å². The summed E-state index contributed by atoms with van der Waals surface area (Å²) in [5, 5.41) is 12.5. The van der Waals surface area contributed by atoms with E-state index in [2.05, 4.69) is 60.2 Å². The SMILES string of the molecule is CCC(C)n1nccc1CNc1cn(CC(C)C)nc1C.Cl. The Morgan fingerprint density at radius 1 is 1.27 bits per heavy atom. The van der Waals surface area contributed by atoms with Crippen LogP contribution in [0.25, 0.3) is 0 Å². The van der Waals surface area contributed by atoms with Crippen LogP contribution in [0, 0.1) is 12.8 Å². The second-order valence-electron chi connectivity index (χ2n) is 6.12. The smallest absolute Gasteiger partial charge is 0.0825 e. The minimum absolute atomic E-state index is 0. The van der Waals surface area contributed by atoms with Crippen molar-refractivity contribution in [3.05, 3.63) is 29.8 Å². The van der Waals surface area contributed by atoms with Crippen LogP contribution in [0.2, 0.25) is 0 Å². The zero-order valence-corrected chi connectivity index (χ0v) is 15.0. The molecule has 1 N–H and O–H groups in total. The summed E-state index contributed by atoms with van der Waals surface area (Å²) in [6.07, 6.45) is 5.05. The first-order valence-corrected chi connectivity index (χ1v) is 7.81. The van der Waals surface area contributed by atoms with Crippen molar-refractivity contribution >= 4 is 18.1 Å². The lowest BCUT2D eigenvalue weighted by Gasteiger charge is -2.14. The van der Waals surface area contributed by atoms with Gasteiger partial charge in [-0.05, 0) is 32.3 Å². The highest BCUT2D eigenvalue weighted by Crippen LogP contribution is 2.17. The number of halogens is 1. The van der Waals surface area contributed by atoms with E-state index in [1.807, 2.05) is 17.8 Å². The summed E-state index contributed by atoms with van der Waals surface area (Å²) in [6, 6.07) is 2.51. The van der Waals surface area contributed by atoms with Crippen molar-refractivity contribution in [1.29, 1.82) is 0 Å². The Kier molecular flexibility index (Phi) is 6.94. The molecule has 0 radical (unpaired) electrons. The van der Waals surface area contributed by atoms with E-state index in [1.165, 1.54) is 5.69 Å². The van der Waals surface area contributed by atoms with E-state index in [9.17, 15) is 0 Å². The monoisotopic (exact) mass is 325 g/mol. The zero-order chi connectivity index (χ0) is 15.4. The number of aryl methyl sites for hydroxylation is 1. The lowest BCUT2D eigenvalue weighted by atomic mass is 10.2. The topological polar surface area (TPSA) is 47.7 Å². The molecule has 124 valence electrons. The van der Waals surface area contributed by atoms with Crippen molar-refractivity contribution in [2.45, 2.75) is 60.2 Å². The fourth-order valence-electron chi connectivity index (χ4n) is 2.40. The first kappa shape index (κ1) is 18.6. The van der Waals surface area contributed by atoms with E-state index in [0.29, 0.717) is 12.0 Å². The summed E-state index contributed by atoms with van der Waals surface area (Å²) in [4.78, 5) is 0. The number of rotatable bonds is 7. The molecule has 0 aliphatic heterocycles. The van der Waals surface area contributed by atoms with Crippen LogP contribution in [0.15, 0.2) is 18.5 Å². The Morgan fingerprint density at radius 3 is 2.64 bits per heavy atom. The predicted molar refractivity (Wildman–Crippen MR) is 93.6 cm³/mol. The zero-order valence-electron chi connectivity index (χ0n) is 14.2. The van der Waals surface area contributed by atoms with Crippen LogP contribution in [0.5, 0.6) is 0 Å². The molecule has 1 atom stereocenters. The average molecular weight is 326 g/mol. The fourth-order valence-corrected chi connectivity index (χ4v) is 2.40. The third-order valence-electron chi connectivity index (χ3n) is 3.72. The van der Waals surface area contributed by atoms with E-state index < -0.39 is 0 Å². The molecule has 0 fully saturated rings. The van der Waals surface area contributed by atoms with E-state index in [4.69, 9.17) is 0 Å². The van der Waals surface area contributed by atoms with Crippen LogP contribution < -0.4 is 5.32 Å². The van der Waals surface area contributed by atoms with Gasteiger partial charge in [0.2, 0.25) is 0 Å². The molecule has 2 aromatic heterocycles. The molecule has 2 heterocycles. The van der Waals surface area contributed by atoms with Crippen molar-refractivity contribution < 1.29 is 0 Å². The van der Waals surface area contributed by atoms with Crippen LogP contribution in [0.4, 0.5) is 5.69 Å². The number of hydrogen-bond acceptors (Lipinski definition) is 3. The summed E-state index contributed by atoms with van der Waals surface area (Å²) in [6.45, 7) is 12.6. The van der Waals surface area contributed by atoms with E-state index in [0.717, 1.165) is 30.9 Å². The molecule has 0 aliphatic carbocycles. The molecule has 1 unspecified atom stereocenters. The minimum Gasteiger partial charge on any atom is -0.377 e. The van der Waals surface area contributed by atoms with Crippen LogP contribution >= 0.6 is 12.4 Å². The highest BCUT2D eigenvalue weighted by molar-refractivity contribution is 5.85. The van der Waals surface area contributed by atoms with Crippen molar-refractivity contribution in [3.63, 3.8) is 0 Å². The molecule has 6 heteroatoms. The van der Waals surface area contributed by atoms with E-state index in [1.54, 1.807) is 0 Å². The van der Waals surface area contributed by atoms with Gasteiger partial charge >= 0.3 is 0 Å². The molecular weight excluding hydrogens is 298 g/mol. The number of hydrogen-bond donors (Lipinski definition) is 1. The Hall–Kier alpha value is -1.49. The lowest BCUT2D eigenvalue weighted by Crippen LogP contribution is -2.12. The summed E-state index contributed by atoms with van der Waals surface area (Å²) in [7, 11) is 0. The Labute approximate surface area is 139 Å². The van der Waals surface area contributed by atoms with Gasteiger partial charge in [0, 0.05) is 25.0 Å². The fraction of sp³-hybridized carbons (Fsp3) is 0.625. The largest absolute Gasteiger partial charge is 0.377 e. The summed E-state index contributed by atoms with van der Waals surface area (Å²) >= 11 is 0. The van der Waals surface area contributed by atoms with Gasteiger partial charge in [0.05, 0.1) is 23.6 Å². The van der Waals surface area contributed by atoms with Crippen LogP contribution in [0.3, 0.4) is 0 Å². The summed E-state index contributed by atoms with van der Waals surface area (Å²) in [5.74, 6) is 0.601. The van der Waals surface area contributed by atoms with Crippen LogP contribution in [0.1, 0.15) is 51.5 Å².